The molecule has 1 amide bonds. The molecule has 1 fully saturated rings. The third kappa shape index (κ3) is 3.83. The summed E-state index contributed by atoms with van der Waals surface area (Å²) in [4.78, 5) is 14.2. The van der Waals surface area contributed by atoms with Crippen molar-refractivity contribution in [1.82, 2.24) is 15.5 Å². The Morgan fingerprint density at radius 1 is 1.26 bits per heavy atom. The molecule has 140 valence electrons. The zero-order valence-corrected chi connectivity index (χ0v) is 15.5. The zero-order valence-electron chi connectivity index (χ0n) is 15.5. The molecule has 2 aliphatic heterocycles. The monoisotopic (exact) mass is 363 g/mol. The molecule has 2 atom stereocenters. The van der Waals surface area contributed by atoms with Crippen LogP contribution in [0.15, 0.2) is 72.0 Å². The number of allylic oxidation sites excluding steroid dienone is 4. The summed E-state index contributed by atoms with van der Waals surface area (Å²) in [7, 11) is 1.71. The predicted octanol–water partition coefficient (Wildman–Crippen LogP) is 2.32. The first-order chi connectivity index (χ1) is 13.2. The Balaban J connectivity index is 1.45. The molecule has 1 aromatic carbocycles. The zero-order chi connectivity index (χ0) is 18.6. The minimum atomic E-state index is 0.0778. The summed E-state index contributed by atoms with van der Waals surface area (Å²) >= 11 is 0. The number of nitrogens with one attached hydrogen (secondary N) is 2. The van der Waals surface area contributed by atoms with Gasteiger partial charge in [-0.3, -0.25) is 4.79 Å². The van der Waals surface area contributed by atoms with E-state index in [1.165, 1.54) is 0 Å². The Bertz CT molecular complexity index is 832. The summed E-state index contributed by atoms with van der Waals surface area (Å²) in [6, 6.07) is 8.28. The largest absolute Gasteiger partial charge is 0.496 e. The maximum absolute atomic E-state index is 12.3. The number of amides is 1. The highest BCUT2D eigenvalue weighted by molar-refractivity contribution is 5.88. The lowest BCUT2D eigenvalue weighted by atomic mass is 9.94. The lowest BCUT2D eigenvalue weighted by Gasteiger charge is -2.26. The molecule has 0 saturated carbocycles. The number of rotatable bonds is 4. The van der Waals surface area contributed by atoms with Crippen LogP contribution in [0.2, 0.25) is 0 Å². The third-order valence-corrected chi connectivity index (χ3v) is 5.23. The Kier molecular flexibility index (Phi) is 5.12. The Morgan fingerprint density at radius 2 is 2.07 bits per heavy atom. The van der Waals surface area contributed by atoms with Crippen LogP contribution < -0.4 is 15.4 Å². The Hall–Kier alpha value is -2.79. The van der Waals surface area contributed by atoms with Gasteiger partial charge in [0, 0.05) is 49.4 Å². The van der Waals surface area contributed by atoms with Crippen molar-refractivity contribution in [3.05, 3.63) is 77.6 Å². The summed E-state index contributed by atoms with van der Waals surface area (Å²) < 4.78 is 5.52. The number of ether oxygens (including phenoxy) is 1. The molecule has 1 unspecified atom stereocenters. The van der Waals surface area contributed by atoms with Gasteiger partial charge in [-0.2, -0.15) is 0 Å². The fourth-order valence-electron chi connectivity index (χ4n) is 3.80. The van der Waals surface area contributed by atoms with E-state index in [0.29, 0.717) is 0 Å². The van der Waals surface area contributed by atoms with Gasteiger partial charge in [-0.25, -0.2) is 0 Å². The molecule has 0 spiro atoms. The number of carbonyl (C=O) groups excluding carboxylic acids is 1. The standard InChI is InChI=1S/C22H25N3O2/c1-27-20-5-3-2-4-19(20)22-17-8-6-16(14-18(15-17)24-22)7-9-21(26)25-12-10-23-11-13-25/h2-9,14-15,17,22-24H,10-13H2,1H3/b9-7+/t17-,22?/m0/s1. The third-order valence-electron chi connectivity index (χ3n) is 5.23. The van der Waals surface area contributed by atoms with Crippen molar-refractivity contribution in [2.75, 3.05) is 33.3 Å². The fraction of sp³-hybridized carbons (Fsp3) is 0.318. The molecule has 2 heterocycles. The molecule has 1 aromatic rings. The Labute approximate surface area is 160 Å². The summed E-state index contributed by atoms with van der Waals surface area (Å²) in [5.41, 5.74) is 3.26. The number of nitrogens with zero attached hydrogens (tertiary/aromatic N) is 1. The summed E-state index contributed by atoms with van der Waals surface area (Å²) in [5.74, 6) is 1.23. The van der Waals surface area contributed by atoms with Crippen LogP contribution >= 0.6 is 0 Å². The van der Waals surface area contributed by atoms with E-state index < -0.39 is 0 Å². The lowest BCUT2D eigenvalue weighted by Crippen LogP contribution is -2.45. The second kappa shape index (κ2) is 7.84. The second-order valence-electron chi connectivity index (χ2n) is 6.98. The minimum absolute atomic E-state index is 0.0778. The molecule has 0 aromatic heterocycles. The highest BCUT2D eigenvalue weighted by Gasteiger charge is 2.29. The fourth-order valence-corrected chi connectivity index (χ4v) is 3.80. The van der Waals surface area contributed by atoms with E-state index in [1.54, 1.807) is 13.2 Å². The molecule has 1 aliphatic carbocycles. The first kappa shape index (κ1) is 17.6. The van der Waals surface area contributed by atoms with Crippen LogP contribution in [-0.4, -0.2) is 44.1 Å². The van der Waals surface area contributed by atoms with Gasteiger partial charge in [0.2, 0.25) is 5.91 Å². The van der Waals surface area contributed by atoms with Crippen LogP contribution in [0.3, 0.4) is 0 Å². The van der Waals surface area contributed by atoms with Gasteiger partial charge >= 0.3 is 0 Å². The number of hydrogen-bond donors (Lipinski definition) is 2. The number of para-hydroxylation sites is 1. The van der Waals surface area contributed by atoms with Gasteiger partial charge in [0.25, 0.3) is 0 Å². The summed E-state index contributed by atoms with van der Waals surface area (Å²) in [5, 5.41) is 6.84. The summed E-state index contributed by atoms with van der Waals surface area (Å²) in [6.07, 6.45) is 12.2. The molecule has 2 N–H and O–H groups in total. The highest BCUT2D eigenvalue weighted by atomic mass is 16.5. The van der Waals surface area contributed by atoms with Crippen molar-refractivity contribution in [2.45, 2.75) is 6.04 Å². The van der Waals surface area contributed by atoms with Crippen LogP contribution in [0.25, 0.3) is 0 Å². The van der Waals surface area contributed by atoms with Crippen LogP contribution in [0, 0.1) is 5.92 Å². The molecule has 27 heavy (non-hydrogen) atoms. The molecular formula is C22H25N3O2. The first-order valence-corrected chi connectivity index (χ1v) is 9.43. The number of hydrogen-bond acceptors (Lipinski definition) is 4. The minimum Gasteiger partial charge on any atom is -0.496 e. The maximum Gasteiger partial charge on any atom is 0.246 e. The van der Waals surface area contributed by atoms with E-state index in [4.69, 9.17) is 4.74 Å². The van der Waals surface area contributed by atoms with E-state index in [1.807, 2.05) is 29.2 Å². The molecule has 5 nitrogen and oxygen atoms in total. The smallest absolute Gasteiger partial charge is 0.246 e. The maximum atomic E-state index is 12.3. The average Bonchev–Trinajstić information content (AvgIpc) is 3.00. The molecule has 5 heteroatoms. The van der Waals surface area contributed by atoms with Gasteiger partial charge in [-0.05, 0) is 23.8 Å². The van der Waals surface area contributed by atoms with Crippen LogP contribution in [-0.2, 0) is 4.79 Å². The van der Waals surface area contributed by atoms with E-state index in [0.717, 1.165) is 48.8 Å². The Morgan fingerprint density at radius 3 is 2.89 bits per heavy atom. The van der Waals surface area contributed by atoms with Crippen molar-refractivity contribution >= 4 is 5.91 Å². The number of fused-ring (bicyclic) bond motifs is 1. The van der Waals surface area contributed by atoms with Gasteiger partial charge in [0.15, 0.2) is 0 Å². The van der Waals surface area contributed by atoms with Crippen LogP contribution in [0.1, 0.15) is 11.6 Å². The van der Waals surface area contributed by atoms with E-state index in [-0.39, 0.29) is 17.9 Å². The van der Waals surface area contributed by atoms with Gasteiger partial charge in [0.1, 0.15) is 5.75 Å². The van der Waals surface area contributed by atoms with Crippen LogP contribution in [0.5, 0.6) is 5.75 Å². The van der Waals surface area contributed by atoms with Gasteiger partial charge < -0.3 is 20.3 Å². The molecule has 4 rings (SSSR count). The topological polar surface area (TPSA) is 53.6 Å². The number of piperazine rings is 1. The number of benzene rings is 1. The molecular weight excluding hydrogens is 338 g/mol. The van der Waals surface area contributed by atoms with Gasteiger partial charge in [-0.1, -0.05) is 36.4 Å². The normalized spacial score (nSPS) is 24.3. The van der Waals surface area contributed by atoms with Crippen molar-refractivity contribution < 1.29 is 9.53 Å². The van der Waals surface area contributed by atoms with Crippen molar-refractivity contribution in [3.63, 3.8) is 0 Å². The van der Waals surface area contributed by atoms with Crippen molar-refractivity contribution in [1.29, 1.82) is 0 Å². The van der Waals surface area contributed by atoms with Crippen molar-refractivity contribution in [3.8, 4) is 5.75 Å². The van der Waals surface area contributed by atoms with Crippen LogP contribution in [0.4, 0.5) is 0 Å². The predicted molar refractivity (Wildman–Crippen MR) is 106 cm³/mol. The average molecular weight is 363 g/mol. The van der Waals surface area contributed by atoms with Crippen molar-refractivity contribution in [2.24, 2.45) is 5.92 Å². The quantitative estimate of drug-likeness (QED) is 0.806. The summed E-state index contributed by atoms with van der Waals surface area (Å²) in [6.45, 7) is 3.27. The number of carbonyl (C=O) groups is 1. The second-order valence-corrected chi connectivity index (χ2v) is 6.98. The molecule has 3 aliphatic rings. The van der Waals surface area contributed by atoms with E-state index >= 15 is 0 Å². The first-order valence-electron chi connectivity index (χ1n) is 9.43. The van der Waals surface area contributed by atoms with E-state index in [9.17, 15) is 4.79 Å². The molecule has 2 bridgehead atoms. The SMILES string of the molecule is COc1ccccc1C1NC2=C[C@@H]1C=CC(/C=C/C(=O)N1CCNCC1)=C2. The lowest BCUT2D eigenvalue weighted by molar-refractivity contribution is -0.126. The number of methoxy groups -OCH3 is 1. The van der Waals surface area contributed by atoms with Gasteiger partial charge in [-0.15, -0.1) is 0 Å². The van der Waals surface area contributed by atoms with Gasteiger partial charge in [0.05, 0.1) is 13.2 Å². The highest BCUT2D eigenvalue weighted by Crippen LogP contribution is 2.38. The molecule has 0 radical (unpaired) electrons. The molecule has 1 saturated heterocycles. The van der Waals surface area contributed by atoms with E-state index in [2.05, 4.69) is 41.0 Å².